The minimum atomic E-state index is -0.390. The molecule has 0 radical (unpaired) electrons. The Labute approximate surface area is 137 Å². The van der Waals surface area contributed by atoms with E-state index in [0.717, 1.165) is 14.4 Å². The summed E-state index contributed by atoms with van der Waals surface area (Å²) in [6.45, 7) is 1.82. The normalized spacial score (nSPS) is 10.4. The van der Waals surface area contributed by atoms with Crippen molar-refractivity contribution >= 4 is 56.0 Å². The molecule has 0 aliphatic carbocycles. The Morgan fingerprint density at radius 1 is 1.48 bits per heavy atom. The van der Waals surface area contributed by atoms with Gasteiger partial charge in [0.15, 0.2) is 5.13 Å². The number of aromatic nitrogens is 2. The van der Waals surface area contributed by atoms with Gasteiger partial charge in [-0.15, -0.1) is 11.8 Å². The molecule has 0 unspecified atom stereocenters. The van der Waals surface area contributed by atoms with Gasteiger partial charge in [-0.05, 0) is 28.9 Å². The SMILES string of the molecule is Cc1nc(NC(=O)c2cncc(Br)c2)sc1SCC(N)=O. The maximum Gasteiger partial charge on any atom is 0.259 e. The first-order chi connectivity index (χ1) is 9.95. The number of amides is 2. The van der Waals surface area contributed by atoms with Crippen molar-refractivity contribution in [1.82, 2.24) is 9.97 Å². The van der Waals surface area contributed by atoms with Gasteiger partial charge in [-0.3, -0.25) is 19.9 Å². The van der Waals surface area contributed by atoms with Gasteiger partial charge < -0.3 is 5.73 Å². The maximum atomic E-state index is 12.1. The van der Waals surface area contributed by atoms with Gasteiger partial charge in [0, 0.05) is 16.9 Å². The molecule has 0 atom stereocenters. The number of thioether (sulfide) groups is 1. The van der Waals surface area contributed by atoms with Crippen LogP contribution in [0.4, 0.5) is 5.13 Å². The van der Waals surface area contributed by atoms with Crippen LogP contribution in [0, 0.1) is 6.92 Å². The molecule has 2 amide bonds. The largest absolute Gasteiger partial charge is 0.369 e. The standard InChI is InChI=1S/C12H11BrN4O2S2/c1-6-11(20-5-9(14)18)21-12(16-6)17-10(19)7-2-8(13)4-15-3-7/h2-4H,5H2,1H3,(H2,14,18)(H,16,17,19). The molecule has 0 saturated heterocycles. The highest BCUT2D eigenvalue weighted by Crippen LogP contribution is 2.32. The van der Waals surface area contributed by atoms with Gasteiger partial charge in [-0.1, -0.05) is 11.3 Å². The molecule has 2 aromatic rings. The van der Waals surface area contributed by atoms with Crippen molar-refractivity contribution in [3.63, 3.8) is 0 Å². The van der Waals surface area contributed by atoms with Crippen LogP contribution in [0.15, 0.2) is 27.1 Å². The third-order valence-corrected chi connectivity index (χ3v) is 5.18. The summed E-state index contributed by atoms with van der Waals surface area (Å²) in [5, 5.41) is 3.19. The van der Waals surface area contributed by atoms with Gasteiger partial charge in [0.1, 0.15) is 0 Å². The number of thiazole rings is 1. The molecular weight excluding hydrogens is 376 g/mol. The number of pyridine rings is 1. The zero-order valence-electron chi connectivity index (χ0n) is 10.9. The Morgan fingerprint density at radius 3 is 2.90 bits per heavy atom. The van der Waals surface area contributed by atoms with Gasteiger partial charge in [0.2, 0.25) is 5.91 Å². The second-order valence-corrected chi connectivity index (χ2v) is 7.15. The summed E-state index contributed by atoms with van der Waals surface area (Å²) in [5.74, 6) is -0.492. The van der Waals surface area contributed by atoms with Crippen molar-refractivity contribution in [3.8, 4) is 0 Å². The summed E-state index contributed by atoms with van der Waals surface area (Å²) in [6.07, 6.45) is 3.08. The summed E-state index contributed by atoms with van der Waals surface area (Å²) in [6, 6.07) is 1.67. The van der Waals surface area contributed by atoms with Crippen molar-refractivity contribution in [3.05, 3.63) is 34.2 Å². The molecule has 2 rings (SSSR count). The van der Waals surface area contributed by atoms with Crippen LogP contribution in [0.2, 0.25) is 0 Å². The van der Waals surface area contributed by atoms with Crippen molar-refractivity contribution in [2.75, 3.05) is 11.1 Å². The first-order valence-corrected chi connectivity index (χ1v) is 8.35. The molecule has 0 aliphatic rings. The maximum absolute atomic E-state index is 12.1. The number of aryl methyl sites for hydroxylation is 1. The number of halogens is 1. The van der Waals surface area contributed by atoms with Crippen LogP contribution in [-0.4, -0.2) is 27.5 Å². The first-order valence-electron chi connectivity index (χ1n) is 5.76. The molecule has 6 nitrogen and oxygen atoms in total. The van der Waals surface area contributed by atoms with Gasteiger partial charge >= 0.3 is 0 Å². The second kappa shape index (κ2) is 7.01. The highest BCUT2D eigenvalue weighted by molar-refractivity contribution is 9.10. The number of hydrogen-bond donors (Lipinski definition) is 2. The second-order valence-electron chi connectivity index (χ2n) is 3.99. The number of carbonyl (C=O) groups excluding carboxylic acids is 2. The Balaban J connectivity index is 2.08. The van der Waals surface area contributed by atoms with E-state index in [2.05, 4.69) is 31.2 Å². The van der Waals surface area contributed by atoms with E-state index in [1.54, 1.807) is 12.3 Å². The quantitative estimate of drug-likeness (QED) is 0.768. The van der Waals surface area contributed by atoms with Crippen LogP contribution in [-0.2, 0) is 4.79 Å². The lowest BCUT2D eigenvalue weighted by Crippen LogP contribution is -2.12. The van der Waals surface area contributed by atoms with E-state index in [0.29, 0.717) is 10.7 Å². The highest BCUT2D eigenvalue weighted by atomic mass is 79.9. The molecule has 0 aliphatic heterocycles. The van der Waals surface area contributed by atoms with E-state index in [1.165, 1.54) is 29.3 Å². The molecule has 0 bridgehead atoms. The molecule has 110 valence electrons. The van der Waals surface area contributed by atoms with Gasteiger partial charge in [0.05, 0.1) is 21.2 Å². The number of rotatable bonds is 5. The third-order valence-electron chi connectivity index (χ3n) is 2.29. The Kier molecular flexibility index (Phi) is 5.32. The Bertz CT molecular complexity index is 690. The molecule has 9 heteroatoms. The number of hydrogen-bond acceptors (Lipinski definition) is 6. The first kappa shape index (κ1) is 15.9. The number of nitrogens with zero attached hydrogens (tertiary/aromatic N) is 2. The summed E-state index contributed by atoms with van der Waals surface area (Å²) >= 11 is 5.88. The zero-order chi connectivity index (χ0) is 15.4. The van der Waals surface area contributed by atoms with E-state index in [1.807, 2.05) is 6.92 Å². The molecule has 0 saturated carbocycles. The van der Waals surface area contributed by atoms with Crippen LogP contribution in [0.25, 0.3) is 0 Å². The van der Waals surface area contributed by atoms with Crippen molar-refractivity contribution < 1.29 is 9.59 Å². The third kappa shape index (κ3) is 4.51. The van der Waals surface area contributed by atoms with Crippen molar-refractivity contribution in [2.24, 2.45) is 5.73 Å². The van der Waals surface area contributed by atoms with Crippen LogP contribution in [0.3, 0.4) is 0 Å². The van der Waals surface area contributed by atoms with E-state index >= 15 is 0 Å². The monoisotopic (exact) mass is 386 g/mol. The Morgan fingerprint density at radius 2 is 2.24 bits per heavy atom. The lowest BCUT2D eigenvalue weighted by Gasteiger charge is -2.01. The van der Waals surface area contributed by atoms with E-state index in [4.69, 9.17) is 5.73 Å². The highest BCUT2D eigenvalue weighted by Gasteiger charge is 2.13. The smallest absolute Gasteiger partial charge is 0.259 e. The summed E-state index contributed by atoms with van der Waals surface area (Å²) < 4.78 is 1.58. The summed E-state index contributed by atoms with van der Waals surface area (Å²) in [5.41, 5.74) is 6.30. The fourth-order valence-electron chi connectivity index (χ4n) is 1.41. The van der Waals surface area contributed by atoms with Gasteiger partial charge in [-0.2, -0.15) is 0 Å². The van der Waals surface area contributed by atoms with Crippen LogP contribution in [0.1, 0.15) is 16.1 Å². The predicted molar refractivity (Wildman–Crippen MR) is 86.7 cm³/mol. The molecule has 2 aromatic heterocycles. The van der Waals surface area contributed by atoms with E-state index in [9.17, 15) is 9.59 Å². The van der Waals surface area contributed by atoms with E-state index < -0.39 is 5.91 Å². The average Bonchev–Trinajstić information content (AvgIpc) is 2.76. The van der Waals surface area contributed by atoms with Gasteiger partial charge in [-0.25, -0.2) is 4.98 Å². The molecule has 21 heavy (non-hydrogen) atoms. The fourth-order valence-corrected chi connectivity index (χ4v) is 3.65. The number of nitrogens with one attached hydrogen (secondary N) is 1. The molecule has 3 N–H and O–H groups in total. The minimum Gasteiger partial charge on any atom is -0.369 e. The van der Waals surface area contributed by atoms with E-state index in [-0.39, 0.29) is 11.7 Å². The lowest BCUT2D eigenvalue weighted by atomic mass is 10.3. The fraction of sp³-hybridized carbons (Fsp3) is 0.167. The number of anilines is 1. The molecular formula is C12H11BrN4O2S2. The Hall–Kier alpha value is -1.45. The molecule has 0 fully saturated rings. The van der Waals surface area contributed by atoms with Crippen LogP contribution >= 0.6 is 39.0 Å². The molecule has 0 aromatic carbocycles. The molecule has 0 spiro atoms. The average molecular weight is 387 g/mol. The predicted octanol–water partition coefficient (Wildman–Crippen LogP) is 2.44. The minimum absolute atomic E-state index is 0.186. The zero-order valence-corrected chi connectivity index (χ0v) is 14.1. The summed E-state index contributed by atoms with van der Waals surface area (Å²) in [7, 11) is 0. The van der Waals surface area contributed by atoms with Crippen molar-refractivity contribution in [1.29, 1.82) is 0 Å². The van der Waals surface area contributed by atoms with Crippen LogP contribution < -0.4 is 11.1 Å². The summed E-state index contributed by atoms with van der Waals surface area (Å²) in [4.78, 5) is 31.1. The van der Waals surface area contributed by atoms with Crippen molar-refractivity contribution in [2.45, 2.75) is 11.1 Å². The topological polar surface area (TPSA) is 98.0 Å². The van der Waals surface area contributed by atoms with Gasteiger partial charge in [0.25, 0.3) is 5.91 Å². The molecule has 2 heterocycles. The lowest BCUT2D eigenvalue weighted by molar-refractivity contribution is -0.115. The number of primary amides is 1. The van der Waals surface area contributed by atoms with Crippen LogP contribution in [0.5, 0.6) is 0 Å². The number of carbonyl (C=O) groups is 2. The number of nitrogens with two attached hydrogens (primary N) is 1.